The molecule has 11 atom stereocenters. The Labute approximate surface area is 364 Å². The predicted molar refractivity (Wildman–Crippen MR) is 221 cm³/mol. The Balaban J connectivity index is 1.50. The van der Waals surface area contributed by atoms with Crippen molar-refractivity contribution in [3.8, 4) is 0 Å². The quantitative estimate of drug-likeness (QED) is 0.191. The van der Waals surface area contributed by atoms with Crippen molar-refractivity contribution in [2.24, 2.45) is 16.7 Å². The van der Waals surface area contributed by atoms with Crippen molar-refractivity contribution < 1.29 is 72.5 Å². The fourth-order valence-corrected chi connectivity index (χ4v) is 10.3. The number of carbonyl (C=O) groups is 6. The van der Waals surface area contributed by atoms with Crippen LogP contribution in [0.15, 0.2) is 71.8 Å². The maximum Gasteiger partial charge on any atom is 0.408 e. The molecule has 4 bridgehead atoms. The van der Waals surface area contributed by atoms with Gasteiger partial charge in [-0.05, 0) is 69.0 Å². The highest BCUT2D eigenvalue weighted by molar-refractivity contribution is 5.95. The van der Waals surface area contributed by atoms with E-state index in [4.69, 9.17) is 28.4 Å². The molecule has 3 fully saturated rings. The fourth-order valence-electron chi connectivity index (χ4n) is 10.3. The number of ketones is 1. The number of carbonyl (C=O) groups excluding carboxylic acids is 6. The summed E-state index contributed by atoms with van der Waals surface area (Å²) in [5, 5.41) is 40.5. The lowest BCUT2D eigenvalue weighted by Crippen LogP contribution is -2.82. The molecule has 1 amide bonds. The van der Waals surface area contributed by atoms with Crippen LogP contribution in [0.25, 0.3) is 6.08 Å². The van der Waals surface area contributed by atoms with Crippen molar-refractivity contribution in [2.45, 2.75) is 134 Å². The number of esters is 4. The van der Waals surface area contributed by atoms with Gasteiger partial charge in [-0.3, -0.25) is 14.4 Å². The molecular formula is C47H55NO15. The molecule has 16 nitrogen and oxygen atoms in total. The van der Waals surface area contributed by atoms with Gasteiger partial charge in [0.25, 0.3) is 0 Å². The van der Waals surface area contributed by atoms with Gasteiger partial charge < -0.3 is 49.1 Å². The van der Waals surface area contributed by atoms with E-state index < -0.39 is 118 Å². The Bertz CT molecular complexity index is 2260. The molecule has 4 N–H and O–H groups in total. The molecule has 1 saturated heterocycles. The molecule has 338 valence electrons. The van der Waals surface area contributed by atoms with Crippen molar-refractivity contribution in [1.82, 2.24) is 5.32 Å². The van der Waals surface area contributed by atoms with Gasteiger partial charge in [0.05, 0.1) is 42.1 Å². The Morgan fingerprint density at radius 1 is 0.937 bits per heavy atom. The smallest absolute Gasteiger partial charge is 0.408 e. The number of ether oxygens (including phenoxy) is 6. The average Bonchev–Trinajstić information content (AvgIpc) is 3.20. The minimum Gasteiger partial charge on any atom is -0.456 e. The van der Waals surface area contributed by atoms with Crippen LogP contribution in [0, 0.1) is 16.7 Å². The molecule has 0 aromatic heterocycles. The molecule has 63 heavy (non-hydrogen) atoms. The third-order valence-electron chi connectivity index (χ3n) is 13.6. The van der Waals surface area contributed by atoms with E-state index in [0.29, 0.717) is 5.56 Å². The Kier molecular flexibility index (Phi) is 11.8. The topological polar surface area (TPSA) is 231 Å². The van der Waals surface area contributed by atoms with E-state index in [0.717, 1.165) is 6.92 Å². The summed E-state index contributed by atoms with van der Waals surface area (Å²) in [6, 6.07) is 12.8. The third-order valence-corrected chi connectivity index (χ3v) is 13.6. The summed E-state index contributed by atoms with van der Waals surface area (Å²) < 4.78 is 36.3. The fraction of sp³-hybridized carbons (Fsp3) is 0.532. The van der Waals surface area contributed by atoms with Crippen LogP contribution in [0.2, 0.25) is 0 Å². The van der Waals surface area contributed by atoms with E-state index in [2.05, 4.69) is 5.32 Å². The summed E-state index contributed by atoms with van der Waals surface area (Å²) >= 11 is 0. The summed E-state index contributed by atoms with van der Waals surface area (Å²) in [7, 11) is 0. The number of nitrogens with one attached hydrogen (secondary N) is 1. The molecule has 0 radical (unpaired) electrons. The summed E-state index contributed by atoms with van der Waals surface area (Å²) in [5.74, 6) is -6.35. The van der Waals surface area contributed by atoms with Crippen LogP contribution in [0.1, 0.15) is 102 Å². The minimum absolute atomic E-state index is 0.00899. The van der Waals surface area contributed by atoms with Gasteiger partial charge in [0.2, 0.25) is 0 Å². The van der Waals surface area contributed by atoms with Gasteiger partial charge in [0.1, 0.15) is 29.5 Å². The van der Waals surface area contributed by atoms with Crippen LogP contribution < -0.4 is 5.32 Å². The van der Waals surface area contributed by atoms with Gasteiger partial charge >= 0.3 is 30.0 Å². The largest absolute Gasteiger partial charge is 0.456 e. The molecule has 2 saturated carbocycles. The van der Waals surface area contributed by atoms with Crippen LogP contribution in [0.3, 0.4) is 0 Å². The number of hydrogen-bond acceptors (Lipinski definition) is 15. The van der Waals surface area contributed by atoms with Gasteiger partial charge in [-0.15, -0.1) is 0 Å². The summed E-state index contributed by atoms with van der Waals surface area (Å²) in [4.78, 5) is 85.0. The average molecular weight is 874 g/mol. The number of rotatable bonds is 4. The molecular weight excluding hydrogens is 819 g/mol. The highest BCUT2D eigenvalue weighted by Gasteiger charge is 2.78. The summed E-state index contributed by atoms with van der Waals surface area (Å²) in [5.41, 5.74) is -8.11. The van der Waals surface area contributed by atoms with Gasteiger partial charge in [-0.25, -0.2) is 14.4 Å². The highest BCUT2D eigenvalue weighted by Crippen LogP contribution is 2.64. The van der Waals surface area contributed by atoms with Crippen LogP contribution in [0.5, 0.6) is 0 Å². The number of aliphatic hydroxyl groups is 3. The molecule has 2 aromatic rings. The monoisotopic (exact) mass is 873 g/mol. The second-order valence-corrected chi connectivity index (χ2v) is 18.9. The van der Waals surface area contributed by atoms with Crippen LogP contribution in [-0.2, 0) is 47.6 Å². The first kappa shape index (κ1) is 45.6. The maximum atomic E-state index is 15.6. The standard InChI is InChI=1S/C47H55NO15/c1-24-29-22-47(57)39(61-40(54)27-16-10-9-11-17-27)37-45(8,38(53)36(59-25(2)49)33(24)44(47,6)7)30(50)21-31-46(37,23-58-31)62-32(51)20-14-18-26-15-12-13-19-28(26)34(35(52)41(55)60-29)48-42(56)63-43(3,4)5/h9-19,29-31,34-37,39,50,52,57H,20-23H2,1-8H3,(H,48,56). The number of amides is 1. The number of fused-ring (bicyclic) bond motifs is 3. The van der Waals surface area contributed by atoms with Gasteiger partial charge in [0, 0.05) is 25.2 Å². The summed E-state index contributed by atoms with van der Waals surface area (Å²) in [6.07, 6.45) is -9.10. The van der Waals surface area contributed by atoms with E-state index in [-0.39, 0.29) is 41.7 Å². The Morgan fingerprint density at radius 2 is 1.60 bits per heavy atom. The van der Waals surface area contributed by atoms with E-state index in [1.54, 1.807) is 83.2 Å². The molecule has 5 aliphatic rings. The zero-order valence-electron chi connectivity index (χ0n) is 36.5. The highest BCUT2D eigenvalue weighted by atomic mass is 16.6. The van der Waals surface area contributed by atoms with Crippen LogP contribution in [-0.4, -0.2) is 111 Å². The third kappa shape index (κ3) is 7.74. The van der Waals surface area contributed by atoms with Crippen molar-refractivity contribution in [3.63, 3.8) is 0 Å². The van der Waals surface area contributed by atoms with E-state index >= 15 is 4.79 Å². The molecule has 11 unspecified atom stereocenters. The van der Waals surface area contributed by atoms with Crippen LogP contribution in [0.4, 0.5) is 4.79 Å². The number of benzene rings is 2. The normalized spacial score (nSPS) is 35.0. The van der Waals surface area contributed by atoms with Crippen molar-refractivity contribution in [1.29, 1.82) is 0 Å². The number of aliphatic hydroxyl groups excluding tert-OH is 2. The van der Waals surface area contributed by atoms with Crippen molar-refractivity contribution >= 4 is 41.8 Å². The van der Waals surface area contributed by atoms with E-state index in [1.807, 2.05) is 0 Å². The lowest BCUT2D eigenvalue weighted by Gasteiger charge is -2.67. The number of alkyl carbamates (subject to hydrolysis) is 1. The molecule has 2 heterocycles. The number of hydrogen-bond donors (Lipinski definition) is 4. The van der Waals surface area contributed by atoms with E-state index in [9.17, 15) is 39.3 Å². The second kappa shape index (κ2) is 16.3. The second-order valence-electron chi connectivity index (χ2n) is 18.9. The first-order valence-corrected chi connectivity index (χ1v) is 21.0. The van der Waals surface area contributed by atoms with Crippen molar-refractivity contribution in [3.05, 3.63) is 88.5 Å². The molecule has 2 aliphatic heterocycles. The molecule has 3 aliphatic carbocycles. The zero-order valence-corrected chi connectivity index (χ0v) is 36.5. The van der Waals surface area contributed by atoms with Gasteiger partial charge in [-0.1, -0.05) is 68.5 Å². The van der Waals surface area contributed by atoms with Crippen molar-refractivity contribution in [2.75, 3.05) is 6.61 Å². The van der Waals surface area contributed by atoms with E-state index in [1.165, 1.54) is 32.1 Å². The lowest BCUT2D eigenvalue weighted by molar-refractivity contribution is -0.346. The first-order chi connectivity index (χ1) is 29.5. The molecule has 16 heteroatoms. The summed E-state index contributed by atoms with van der Waals surface area (Å²) in [6.45, 7) is 11.7. The van der Waals surface area contributed by atoms with Crippen LogP contribution >= 0.6 is 0 Å². The van der Waals surface area contributed by atoms with Gasteiger partial charge in [0.15, 0.2) is 23.6 Å². The molecule has 2 aromatic carbocycles. The Morgan fingerprint density at radius 3 is 2.24 bits per heavy atom. The molecule has 1 spiro atoms. The minimum atomic E-state index is -2.40. The first-order valence-electron chi connectivity index (χ1n) is 21.0. The zero-order chi connectivity index (χ0) is 46.0. The SMILES string of the molecule is CC(=O)OC1C(=O)C2(C)C(O)CC3OCC34OC(=O)CC=Cc3ccccc3C(NC(=O)OC(C)(C)C)C(O)C(=O)OC3CC(O)(C(OC(=O)c5ccccc5)C42)C(C)(C)C1=C3C. The Hall–Kier alpha value is -5.42. The number of Topliss-reactive ketones (excluding diaryl/α,β-unsaturated/α-hetero) is 1. The molecule has 7 rings (SSSR count). The lowest BCUT2D eigenvalue weighted by atomic mass is 9.44. The van der Waals surface area contributed by atoms with Gasteiger partial charge in [-0.2, -0.15) is 0 Å². The maximum absolute atomic E-state index is 15.6. The predicted octanol–water partition coefficient (Wildman–Crippen LogP) is 4.23.